The first-order chi connectivity index (χ1) is 8.24. The molecule has 1 atom stereocenters. The van der Waals surface area contributed by atoms with Crippen molar-refractivity contribution in [3.63, 3.8) is 0 Å². The highest BCUT2D eigenvalue weighted by atomic mass is 16.3. The Labute approximate surface area is 99.5 Å². The van der Waals surface area contributed by atoms with Crippen molar-refractivity contribution < 1.29 is 5.11 Å². The summed E-state index contributed by atoms with van der Waals surface area (Å²) >= 11 is 0. The summed E-state index contributed by atoms with van der Waals surface area (Å²) in [5.41, 5.74) is 1.95. The zero-order valence-corrected chi connectivity index (χ0v) is 9.80. The van der Waals surface area contributed by atoms with E-state index in [1.807, 2.05) is 25.3 Å². The van der Waals surface area contributed by atoms with E-state index >= 15 is 0 Å². The minimum atomic E-state index is -0.275. The summed E-state index contributed by atoms with van der Waals surface area (Å²) in [6, 6.07) is 3.95. The molecule has 0 bridgehead atoms. The van der Waals surface area contributed by atoms with E-state index in [2.05, 4.69) is 15.4 Å². The molecular formula is C12H16N4O. The summed E-state index contributed by atoms with van der Waals surface area (Å²) in [6.07, 6.45) is 3.88. The number of aryl methyl sites for hydroxylation is 1. The van der Waals surface area contributed by atoms with E-state index in [0.29, 0.717) is 18.4 Å². The summed E-state index contributed by atoms with van der Waals surface area (Å²) < 4.78 is 1.75. The Bertz CT molecular complexity index is 532. The molecule has 2 heterocycles. The van der Waals surface area contributed by atoms with E-state index in [-0.39, 0.29) is 6.10 Å². The van der Waals surface area contributed by atoms with Gasteiger partial charge < -0.3 is 10.4 Å². The Morgan fingerprint density at radius 3 is 3.12 bits per heavy atom. The highest BCUT2D eigenvalue weighted by Gasteiger charge is 2.29. The molecule has 1 aliphatic carbocycles. The van der Waals surface area contributed by atoms with Crippen LogP contribution in [-0.2, 0) is 0 Å². The normalized spacial score (nSPS) is 17.3. The first-order valence-corrected chi connectivity index (χ1v) is 5.98. The second-order valence-corrected chi connectivity index (χ2v) is 4.68. The third-order valence-electron chi connectivity index (χ3n) is 3.19. The van der Waals surface area contributed by atoms with E-state index in [1.165, 1.54) is 0 Å². The van der Waals surface area contributed by atoms with Gasteiger partial charge in [-0.05, 0) is 37.3 Å². The van der Waals surface area contributed by atoms with Gasteiger partial charge in [0.25, 0.3) is 0 Å². The highest BCUT2D eigenvalue weighted by Crippen LogP contribution is 2.32. The number of aliphatic hydroxyl groups excluding tert-OH is 1. The Balaban J connectivity index is 1.74. The summed E-state index contributed by atoms with van der Waals surface area (Å²) in [5, 5.41) is 17.2. The second kappa shape index (κ2) is 4.00. The van der Waals surface area contributed by atoms with Crippen LogP contribution in [0.25, 0.3) is 5.65 Å². The third-order valence-corrected chi connectivity index (χ3v) is 3.19. The lowest BCUT2D eigenvalue weighted by molar-refractivity contribution is 0.164. The van der Waals surface area contributed by atoms with E-state index in [4.69, 9.17) is 0 Å². The van der Waals surface area contributed by atoms with Crippen LogP contribution in [0.4, 0.5) is 5.95 Å². The number of nitrogens with one attached hydrogen (secondary N) is 1. The van der Waals surface area contributed by atoms with Crippen molar-refractivity contribution in [1.82, 2.24) is 14.6 Å². The van der Waals surface area contributed by atoms with Gasteiger partial charge in [0.15, 0.2) is 5.65 Å². The lowest BCUT2D eigenvalue weighted by Crippen LogP contribution is -2.21. The number of nitrogens with zero attached hydrogens (tertiary/aromatic N) is 3. The minimum absolute atomic E-state index is 0.275. The number of aliphatic hydroxyl groups is 1. The average Bonchev–Trinajstić information content (AvgIpc) is 3.07. The van der Waals surface area contributed by atoms with Crippen LogP contribution in [0, 0.1) is 12.8 Å². The maximum absolute atomic E-state index is 9.75. The van der Waals surface area contributed by atoms with Crippen LogP contribution >= 0.6 is 0 Å². The fourth-order valence-electron chi connectivity index (χ4n) is 1.96. The zero-order valence-electron chi connectivity index (χ0n) is 9.80. The molecule has 0 saturated heterocycles. The fraction of sp³-hybridized carbons (Fsp3) is 0.500. The molecule has 1 saturated carbocycles. The summed E-state index contributed by atoms with van der Waals surface area (Å²) in [4.78, 5) is 4.39. The molecule has 0 radical (unpaired) electrons. The van der Waals surface area contributed by atoms with Crippen LogP contribution in [0.1, 0.15) is 18.4 Å². The number of rotatable bonds is 4. The number of hydrogen-bond acceptors (Lipinski definition) is 4. The third kappa shape index (κ3) is 2.10. The van der Waals surface area contributed by atoms with E-state index in [0.717, 1.165) is 24.1 Å². The Kier molecular flexibility index (Phi) is 2.48. The van der Waals surface area contributed by atoms with Crippen molar-refractivity contribution in [1.29, 1.82) is 0 Å². The second-order valence-electron chi connectivity index (χ2n) is 4.68. The number of anilines is 1. The first kappa shape index (κ1) is 10.5. The van der Waals surface area contributed by atoms with Crippen molar-refractivity contribution in [2.24, 2.45) is 5.92 Å². The van der Waals surface area contributed by atoms with Crippen LogP contribution in [0.5, 0.6) is 0 Å². The van der Waals surface area contributed by atoms with Crippen LogP contribution in [-0.4, -0.2) is 32.4 Å². The molecule has 5 nitrogen and oxygen atoms in total. The lowest BCUT2D eigenvalue weighted by atomic mass is 10.2. The van der Waals surface area contributed by atoms with Crippen LogP contribution in [0.2, 0.25) is 0 Å². The molecule has 0 amide bonds. The molecule has 0 aliphatic heterocycles. The van der Waals surface area contributed by atoms with E-state index in [1.54, 1.807) is 4.52 Å². The van der Waals surface area contributed by atoms with Gasteiger partial charge in [-0.2, -0.15) is 4.98 Å². The van der Waals surface area contributed by atoms with Gasteiger partial charge in [-0.25, -0.2) is 4.52 Å². The first-order valence-electron chi connectivity index (χ1n) is 5.98. The van der Waals surface area contributed by atoms with Gasteiger partial charge in [0.2, 0.25) is 5.95 Å². The molecule has 3 rings (SSSR count). The molecule has 2 aromatic rings. The molecule has 5 heteroatoms. The van der Waals surface area contributed by atoms with Crippen LogP contribution < -0.4 is 5.32 Å². The van der Waals surface area contributed by atoms with Crippen molar-refractivity contribution in [2.45, 2.75) is 25.9 Å². The molecule has 1 aliphatic rings. The molecule has 17 heavy (non-hydrogen) atoms. The lowest BCUT2D eigenvalue weighted by Gasteiger charge is -2.08. The fourth-order valence-corrected chi connectivity index (χ4v) is 1.96. The molecule has 0 aromatic carbocycles. The summed E-state index contributed by atoms with van der Waals surface area (Å²) in [7, 11) is 0. The molecule has 0 spiro atoms. The molecule has 1 fully saturated rings. The molecule has 2 aromatic heterocycles. The van der Waals surface area contributed by atoms with Crippen molar-refractivity contribution >= 4 is 11.6 Å². The van der Waals surface area contributed by atoms with E-state index < -0.39 is 0 Å². The molecular weight excluding hydrogens is 216 g/mol. The minimum Gasteiger partial charge on any atom is -0.391 e. The Hall–Kier alpha value is -1.62. The van der Waals surface area contributed by atoms with Gasteiger partial charge in [0.05, 0.1) is 6.10 Å². The number of pyridine rings is 1. The predicted molar refractivity (Wildman–Crippen MR) is 64.9 cm³/mol. The molecule has 90 valence electrons. The molecule has 1 unspecified atom stereocenters. The van der Waals surface area contributed by atoms with Gasteiger partial charge >= 0.3 is 0 Å². The molecule has 2 N–H and O–H groups in total. The van der Waals surface area contributed by atoms with Crippen molar-refractivity contribution in [3.05, 3.63) is 23.9 Å². The number of aromatic nitrogens is 3. The van der Waals surface area contributed by atoms with Crippen LogP contribution in [0.15, 0.2) is 18.3 Å². The monoisotopic (exact) mass is 232 g/mol. The van der Waals surface area contributed by atoms with Gasteiger partial charge in [-0.15, -0.1) is 5.10 Å². The Morgan fingerprint density at radius 1 is 1.59 bits per heavy atom. The quantitative estimate of drug-likeness (QED) is 0.832. The van der Waals surface area contributed by atoms with Crippen LogP contribution in [0.3, 0.4) is 0 Å². The van der Waals surface area contributed by atoms with Crippen molar-refractivity contribution in [3.8, 4) is 0 Å². The smallest absolute Gasteiger partial charge is 0.243 e. The van der Waals surface area contributed by atoms with E-state index in [9.17, 15) is 5.11 Å². The summed E-state index contributed by atoms with van der Waals surface area (Å²) in [6.45, 7) is 2.54. The number of hydrogen-bond donors (Lipinski definition) is 2. The zero-order chi connectivity index (χ0) is 11.8. The largest absolute Gasteiger partial charge is 0.391 e. The van der Waals surface area contributed by atoms with Gasteiger partial charge in [0, 0.05) is 12.7 Å². The van der Waals surface area contributed by atoms with Crippen molar-refractivity contribution in [2.75, 3.05) is 11.9 Å². The Morgan fingerprint density at radius 2 is 2.41 bits per heavy atom. The van der Waals surface area contributed by atoms with Gasteiger partial charge in [-0.1, -0.05) is 6.07 Å². The topological polar surface area (TPSA) is 62.5 Å². The average molecular weight is 232 g/mol. The van der Waals surface area contributed by atoms with Gasteiger partial charge in [-0.3, -0.25) is 0 Å². The predicted octanol–water partition coefficient (Wildman–Crippen LogP) is 1.22. The maximum atomic E-state index is 9.75. The van der Waals surface area contributed by atoms with Gasteiger partial charge in [0.1, 0.15) is 0 Å². The number of fused-ring (bicyclic) bond motifs is 1. The SMILES string of the molecule is Cc1cccn2nc(NCC(O)C3CC3)nc12. The highest BCUT2D eigenvalue weighted by molar-refractivity contribution is 5.49. The standard InChI is InChI=1S/C12H16N4O/c1-8-3-2-6-16-11(8)14-12(15-16)13-7-10(17)9-4-5-9/h2-3,6,9-10,17H,4-5,7H2,1H3,(H,13,15). The maximum Gasteiger partial charge on any atom is 0.243 e. The summed E-state index contributed by atoms with van der Waals surface area (Å²) in [5.74, 6) is 1.06.